The largest absolute Gasteiger partial charge is 0.463 e. The molecule has 3 rings (SSSR count). The van der Waals surface area contributed by atoms with Crippen molar-refractivity contribution in [3.8, 4) is 0 Å². The van der Waals surface area contributed by atoms with Gasteiger partial charge in [0.05, 0.1) is 45.4 Å². The number of aromatic nitrogens is 1. The van der Waals surface area contributed by atoms with Crippen molar-refractivity contribution in [2.75, 3.05) is 6.61 Å². The van der Waals surface area contributed by atoms with Crippen molar-refractivity contribution >= 4 is 54.7 Å². The molecule has 0 saturated heterocycles. The van der Waals surface area contributed by atoms with E-state index in [0.29, 0.717) is 16.8 Å². The Morgan fingerprint density at radius 2 is 1.52 bits per heavy atom. The van der Waals surface area contributed by atoms with Crippen LogP contribution in [0.1, 0.15) is 18.2 Å². The monoisotopic (exact) mass is 598 g/mol. The van der Waals surface area contributed by atoms with E-state index in [9.17, 15) is 23.5 Å². The first-order valence-electron chi connectivity index (χ1n) is 13.2. The molecule has 0 unspecified atom stereocenters. The average Bonchev–Trinajstić information content (AvgIpc) is 3.15. The Kier molecular flexibility index (Phi) is 9.10. The maximum absolute atomic E-state index is 14.1. The maximum Gasteiger partial charge on any atom is 0.463 e. The number of aryl methyl sites for hydroxylation is 1. The molecule has 0 aliphatic rings. The summed E-state index contributed by atoms with van der Waals surface area (Å²) >= 11 is 0. The summed E-state index contributed by atoms with van der Waals surface area (Å²) < 4.78 is 34.6. The molecular weight excluding hydrogens is 561 g/mol. The molecule has 2 aromatic carbocycles. The van der Waals surface area contributed by atoms with E-state index in [1.165, 1.54) is 16.1 Å². The maximum atomic E-state index is 14.1. The quantitative estimate of drug-likeness (QED) is 0.0823. The Balaban J connectivity index is 2.37. The van der Waals surface area contributed by atoms with Crippen LogP contribution in [-0.4, -0.2) is 67.7 Å². The molecule has 0 fully saturated rings. The van der Waals surface area contributed by atoms with Crippen LogP contribution in [0.25, 0.3) is 16.4 Å². The predicted molar refractivity (Wildman–Crippen MR) is 162 cm³/mol. The van der Waals surface area contributed by atoms with E-state index < -0.39 is 43.8 Å². The van der Waals surface area contributed by atoms with Crippen LogP contribution in [0.2, 0.25) is 39.3 Å². The van der Waals surface area contributed by atoms with Crippen LogP contribution in [0, 0.1) is 6.92 Å². The molecule has 0 atom stereocenters. The molecule has 214 valence electrons. The van der Waals surface area contributed by atoms with Gasteiger partial charge in [-0.3, -0.25) is 4.79 Å². The Morgan fingerprint density at radius 3 is 2.05 bits per heavy atom. The van der Waals surface area contributed by atoms with Crippen LogP contribution in [-0.2, 0) is 30.9 Å². The van der Waals surface area contributed by atoms with Crippen LogP contribution >= 0.6 is 0 Å². The summed E-state index contributed by atoms with van der Waals surface area (Å²) in [7, 11) is -8.42. The first kappa shape index (κ1) is 31.2. The molecule has 12 heteroatoms. The van der Waals surface area contributed by atoms with Crippen molar-refractivity contribution in [1.82, 2.24) is 8.87 Å². The molecule has 0 aliphatic heterocycles. The summed E-state index contributed by atoms with van der Waals surface area (Å²) in [5.41, 5.74) is 10.6. The van der Waals surface area contributed by atoms with Gasteiger partial charge >= 0.3 is 17.6 Å². The molecule has 9 nitrogen and oxygen atoms in total. The summed E-state index contributed by atoms with van der Waals surface area (Å²) in [5, 5.41) is 0.493. The topological polar surface area (TPSA) is 122 Å². The van der Waals surface area contributed by atoms with Gasteiger partial charge in [-0.2, -0.15) is 4.79 Å². The lowest BCUT2D eigenvalue weighted by Gasteiger charge is -2.45. The molecule has 0 saturated carbocycles. The van der Waals surface area contributed by atoms with Crippen molar-refractivity contribution in [3.63, 3.8) is 0 Å². The van der Waals surface area contributed by atoms with Crippen molar-refractivity contribution in [1.29, 1.82) is 0 Å². The number of amides is 1. The van der Waals surface area contributed by atoms with E-state index in [1.54, 1.807) is 42.2 Å². The van der Waals surface area contributed by atoms with Gasteiger partial charge in [0, 0.05) is 10.7 Å². The van der Waals surface area contributed by atoms with Gasteiger partial charge in [0.15, 0.2) is 0 Å². The minimum atomic E-state index is -4.06. The molecule has 0 aliphatic carbocycles. The Bertz CT molecular complexity index is 1570. The fourth-order valence-electron chi connectivity index (χ4n) is 5.76. The SMILES string of the molecule is CCOC(=O)C(=[N+]=[N-])C(=O)N(Cc1c(C)c2ccccc2n1S(=O)(=O)c1ccccc1)C([Si](C)(C)C)[Si](C)(C)C. The lowest BCUT2D eigenvalue weighted by Crippen LogP contribution is -2.65. The normalized spacial score (nSPS) is 12.3. The number of para-hydroxylation sites is 1. The van der Waals surface area contributed by atoms with Gasteiger partial charge < -0.3 is 15.2 Å². The fourth-order valence-corrected chi connectivity index (χ4v) is 20.1. The number of nitrogens with zero attached hydrogens (tertiary/aromatic N) is 4. The zero-order chi connectivity index (χ0) is 30.0. The summed E-state index contributed by atoms with van der Waals surface area (Å²) in [6.45, 7) is 16.2. The number of benzene rings is 2. The highest BCUT2D eigenvalue weighted by Crippen LogP contribution is 2.33. The minimum Gasteiger partial charge on any atom is -0.457 e. The summed E-state index contributed by atoms with van der Waals surface area (Å²) in [4.78, 5) is 31.5. The van der Waals surface area contributed by atoms with E-state index in [4.69, 9.17) is 4.74 Å². The third kappa shape index (κ3) is 6.04. The van der Waals surface area contributed by atoms with Gasteiger partial charge in [-0.25, -0.2) is 17.2 Å². The summed E-state index contributed by atoms with van der Waals surface area (Å²) in [5.74, 6) is -1.82. The van der Waals surface area contributed by atoms with E-state index >= 15 is 0 Å². The molecule has 1 aromatic heterocycles. The van der Waals surface area contributed by atoms with E-state index in [1.807, 2.05) is 19.1 Å². The third-order valence-corrected chi connectivity index (χ3v) is 17.7. The number of carbonyl (C=O) groups is 2. The summed E-state index contributed by atoms with van der Waals surface area (Å²) in [6.07, 6.45) is 0. The number of ether oxygens (including phenoxy) is 1. The lowest BCUT2D eigenvalue weighted by molar-refractivity contribution is -0.144. The minimum absolute atomic E-state index is 0.000723. The van der Waals surface area contributed by atoms with Crippen LogP contribution in [0.4, 0.5) is 0 Å². The zero-order valence-corrected chi connectivity index (χ0v) is 27.2. The standard InChI is InChI=1S/C28H38N4O5SSi2/c1-9-37-27(34)25(30-29)26(33)31(28(39(3,4)5)40(6,7)8)19-24-20(2)22-17-13-14-18-23(22)32(24)38(35,36)21-15-11-10-12-16-21/h10-18,28H,9,19H2,1-8H3. The van der Waals surface area contributed by atoms with Gasteiger partial charge in [-0.05, 0) is 37.6 Å². The smallest absolute Gasteiger partial charge is 0.457 e. The predicted octanol–water partition coefficient (Wildman–Crippen LogP) is 4.87. The number of hydrogen-bond donors (Lipinski definition) is 0. The molecular formula is C28H38N4O5SSi2. The van der Waals surface area contributed by atoms with Crippen molar-refractivity contribution < 1.29 is 27.5 Å². The highest BCUT2D eigenvalue weighted by atomic mass is 32.2. The molecule has 40 heavy (non-hydrogen) atoms. The molecule has 1 amide bonds. The van der Waals surface area contributed by atoms with E-state index in [0.717, 1.165) is 5.39 Å². The van der Waals surface area contributed by atoms with Crippen molar-refractivity contribution in [2.24, 2.45) is 0 Å². The van der Waals surface area contributed by atoms with Gasteiger partial charge in [-0.15, -0.1) is 0 Å². The lowest BCUT2D eigenvalue weighted by atomic mass is 10.1. The molecule has 0 N–H and O–H groups in total. The molecule has 0 bridgehead atoms. The Morgan fingerprint density at radius 1 is 0.975 bits per heavy atom. The van der Waals surface area contributed by atoms with Crippen LogP contribution in [0.15, 0.2) is 59.5 Å². The van der Waals surface area contributed by atoms with Crippen LogP contribution in [0.3, 0.4) is 0 Å². The Labute approximate surface area is 238 Å². The average molecular weight is 599 g/mol. The second kappa shape index (κ2) is 11.7. The highest BCUT2D eigenvalue weighted by Gasteiger charge is 2.48. The molecule has 3 aromatic rings. The number of carbonyl (C=O) groups excluding carboxylic acids is 2. The van der Waals surface area contributed by atoms with Crippen molar-refractivity contribution in [2.45, 2.75) is 69.9 Å². The second-order valence-electron chi connectivity index (χ2n) is 11.9. The molecule has 0 radical (unpaired) electrons. The van der Waals surface area contributed by atoms with Gasteiger partial charge in [0.1, 0.15) is 0 Å². The number of esters is 1. The van der Waals surface area contributed by atoms with Gasteiger partial charge in [0.25, 0.3) is 10.0 Å². The number of hydrogen-bond acceptors (Lipinski definition) is 5. The van der Waals surface area contributed by atoms with Crippen LogP contribution < -0.4 is 0 Å². The highest BCUT2D eigenvalue weighted by molar-refractivity contribution is 7.90. The van der Waals surface area contributed by atoms with Gasteiger partial charge in [-0.1, -0.05) is 75.7 Å². The first-order chi connectivity index (χ1) is 18.6. The molecule has 0 spiro atoms. The Hall–Kier alpha value is -3.32. The van der Waals surface area contributed by atoms with Gasteiger partial charge in [0.2, 0.25) is 0 Å². The number of rotatable bonds is 10. The number of fused-ring (bicyclic) bond motifs is 1. The first-order valence-corrected chi connectivity index (χ1v) is 21.8. The zero-order valence-electron chi connectivity index (χ0n) is 24.4. The fraction of sp³-hybridized carbons (Fsp3) is 0.393. The summed E-state index contributed by atoms with van der Waals surface area (Å²) in [6, 6.07) is 15.4. The van der Waals surface area contributed by atoms with E-state index in [2.05, 4.69) is 44.1 Å². The third-order valence-electron chi connectivity index (χ3n) is 6.79. The van der Waals surface area contributed by atoms with E-state index in [-0.39, 0.29) is 23.3 Å². The second-order valence-corrected chi connectivity index (χ2v) is 24.8. The molecule has 1 heterocycles. The van der Waals surface area contributed by atoms with Crippen molar-refractivity contribution in [3.05, 3.63) is 71.4 Å². The van der Waals surface area contributed by atoms with Crippen LogP contribution in [0.5, 0.6) is 0 Å².